The Morgan fingerprint density at radius 1 is 1.46 bits per heavy atom. The standard InChI is InChI=1S/C7H9N5S/c1-3-5-6(13-11-9-5)7-10-8-4-12(7)2/h4H,3H2,1-2H3. The lowest BCUT2D eigenvalue weighted by molar-refractivity contribution is 0.914. The Kier molecular flexibility index (Phi) is 2.05. The Morgan fingerprint density at radius 3 is 2.92 bits per heavy atom. The van der Waals surface area contributed by atoms with E-state index in [0.717, 1.165) is 22.8 Å². The highest BCUT2D eigenvalue weighted by molar-refractivity contribution is 7.09. The summed E-state index contributed by atoms with van der Waals surface area (Å²) in [5.41, 5.74) is 0.987. The van der Waals surface area contributed by atoms with Gasteiger partial charge in [-0.3, -0.25) is 0 Å². The van der Waals surface area contributed by atoms with Crippen LogP contribution < -0.4 is 0 Å². The van der Waals surface area contributed by atoms with E-state index >= 15 is 0 Å². The van der Waals surface area contributed by atoms with Gasteiger partial charge >= 0.3 is 0 Å². The van der Waals surface area contributed by atoms with Crippen LogP contribution in [0.5, 0.6) is 0 Å². The van der Waals surface area contributed by atoms with Gasteiger partial charge in [-0.15, -0.1) is 15.3 Å². The molecule has 0 atom stereocenters. The lowest BCUT2D eigenvalue weighted by atomic mass is 10.3. The average Bonchev–Trinajstić information content (AvgIpc) is 2.71. The van der Waals surface area contributed by atoms with Crippen molar-refractivity contribution in [3.8, 4) is 10.7 Å². The Morgan fingerprint density at radius 2 is 2.31 bits per heavy atom. The van der Waals surface area contributed by atoms with E-state index < -0.39 is 0 Å². The molecule has 0 radical (unpaired) electrons. The topological polar surface area (TPSA) is 56.5 Å². The molecular weight excluding hydrogens is 186 g/mol. The van der Waals surface area contributed by atoms with Crippen molar-refractivity contribution in [1.29, 1.82) is 0 Å². The largest absolute Gasteiger partial charge is 0.316 e. The summed E-state index contributed by atoms with van der Waals surface area (Å²) in [7, 11) is 1.91. The molecule has 2 heterocycles. The molecule has 68 valence electrons. The van der Waals surface area contributed by atoms with Crippen molar-refractivity contribution in [2.75, 3.05) is 0 Å². The third-order valence-electron chi connectivity index (χ3n) is 1.81. The van der Waals surface area contributed by atoms with E-state index in [1.807, 2.05) is 11.6 Å². The number of aryl methyl sites for hydroxylation is 2. The van der Waals surface area contributed by atoms with E-state index in [1.165, 1.54) is 11.5 Å². The molecule has 0 fully saturated rings. The van der Waals surface area contributed by atoms with Gasteiger partial charge in [0, 0.05) is 7.05 Å². The first kappa shape index (κ1) is 8.31. The molecule has 13 heavy (non-hydrogen) atoms. The van der Waals surface area contributed by atoms with Crippen LogP contribution in [0.2, 0.25) is 0 Å². The van der Waals surface area contributed by atoms with Crippen LogP contribution >= 0.6 is 11.5 Å². The van der Waals surface area contributed by atoms with Crippen molar-refractivity contribution in [2.24, 2.45) is 7.05 Å². The zero-order valence-corrected chi connectivity index (χ0v) is 8.25. The van der Waals surface area contributed by atoms with Gasteiger partial charge in [0.25, 0.3) is 0 Å². The van der Waals surface area contributed by atoms with E-state index in [-0.39, 0.29) is 0 Å². The second-order valence-corrected chi connectivity index (χ2v) is 3.42. The fourth-order valence-corrected chi connectivity index (χ4v) is 1.88. The highest BCUT2D eigenvalue weighted by atomic mass is 32.1. The van der Waals surface area contributed by atoms with Crippen LogP contribution in [0.25, 0.3) is 10.7 Å². The summed E-state index contributed by atoms with van der Waals surface area (Å²) < 4.78 is 5.77. The number of hydrogen-bond donors (Lipinski definition) is 0. The second kappa shape index (κ2) is 3.21. The molecule has 0 unspecified atom stereocenters. The SMILES string of the molecule is CCc1nnsc1-c1nncn1C. The van der Waals surface area contributed by atoms with Crippen LogP contribution in [-0.2, 0) is 13.5 Å². The van der Waals surface area contributed by atoms with Gasteiger partial charge in [-0.2, -0.15) is 0 Å². The van der Waals surface area contributed by atoms with Gasteiger partial charge in [0.05, 0.1) is 5.69 Å². The molecule has 0 aliphatic carbocycles. The van der Waals surface area contributed by atoms with Crippen LogP contribution in [0.4, 0.5) is 0 Å². The summed E-state index contributed by atoms with van der Waals surface area (Å²) in [5.74, 6) is 0.840. The first-order chi connectivity index (χ1) is 6.33. The van der Waals surface area contributed by atoms with E-state index in [9.17, 15) is 0 Å². The van der Waals surface area contributed by atoms with Crippen molar-refractivity contribution < 1.29 is 0 Å². The van der Waals surface area contributed by atoms with E-state index in [0.29, 0.717) is 0 Å². The number of aromatic nitrogens is 5. The van der Waals surface area contributed by atoms with Crippen molar-refractivity contribution in [2.45, 2.75) is 13.3 Å². The van der Waals surface area contributed by atoms with Crippen LogP contribution in [0.1, 0.15) is 12.6 Å². The maximum atomic E-state index is 4.02. The Hall–Kier alpha value is -1.30. The van der Waals surface area contributed by atoms with Gasteiger partial charge < -0.3 is 4.57 Å². The molecule has 2 rings (SSSR count). The number of hydrogen-bond acceptors (Lipinski definition) is 5. The molecule has 0 spiro atoms. The Balaban J connectivity index is 2.52. The number of nitrogens with zero attached hydrogens (tertiary/aromatic N) is 5. The normalized spacial score (nSPS) is 10.6. The fraction of sp³-hybridized carbons (Fsp3) is 0.429. The zero-order valence-electron chi connectivity index (χ0n) is 7.43. The average molecular weight is 195 g/mol. The van der Waals surface area contributed by atoms with E-state index in [1.54, 1.807) is 6.33 Å². The molecule has 0 aromatic carbocycles. The summed E-state index contributed by atoms with van der Waals surface area (Å²) in [6.07, 6.45) is 2.55. The van der Waals surface area contributed by atoms with Crippen LogP contribution in [0, 0.1) is 0 Å². The first-order valence-electron chi connectivity index (χ1n) is 3.98. The van der Waals surface area contributed by atoms with Crippen molar-refractivity contribution in [3.05, 3.63) is 12.0 Å². The fourth-order valence-electron chi connectivity index (χ4n) is 1.10. The van der Waals surface area contributed by atoms with Gasteiger partial charge in [0.1, 0.15) is 11.2 Å². The molecule has 2 aromatic rings. The monoisotopic (exact) mass is 195 g/mol. The molecule has 2 aromatic heterocycles. The highest BCUT2D eigenvalue weighted by Crippen LogP contribution is 2.23. The Bertz CT molecular complexity index is 404. The second-order valence-electron chi connectivity index (χ2n) is 2.67. The summed E-state index contributed by atoms with van der Waals surface area (Å²) in [6, 6.07) is 0. The lowest BCUT2D eigenvalue weighted by Gasteiger charge is -1.96. The van der Waals surface area contributed by atoms with Crippen LogP contribution in [-0.4, -0.2) is 24.4 Å². The quantitative estimate of drug-likeness (QED) is 0.714. The minimum Gasteiger partial charge on any atom is -0.316 e. The van der Waals surface area contributed by atoms with E-state index in [2.05, 4.69) is 26.7 Å². The van der Waals surface area contributed by atoms with Crippen molar-refractivity contribution in [3.63, 3.8) is 0 Å². The van der Waals surface area contributed by atoms with Gasteiger partial charge in [-0.05, 0) is 18.0 Å². The van der Waals surface area contributed by atoms with Gasteiger partial charge in [-0.25, -0.2) is 0 Å². The molecule has 5 nitrogen and oxygen atoms in total. The third kappa shape index (κ3) is 1.33. The number of rotatable bonds is 2. The molecule has 0 amide bonds. The third-order valence-corrected chi connectivity index (χ3v) is 2.57. The van der Waals surface area contributed by atoms with E-state index in [4.69, 9.17) is 0 Å². The maximum Gasteiger partial charge on any atom is 0.177 e. The summed E-state index contributed by atoms with van der Waals surface area (Å²) >= 11 is 1.36. The van der Waals surface area contributed by atoms with Gasteiger partial charge in [-0.1, -0.05) is 11.4 Å². The molecule has 0 bridgehead atoms. The molecule has 0 aliphatic heterocycles. The zero-order chi connectivity index (χ0) is 9.26. The van der Waals surface area contributed by atoms with Crippen LogP contribution in [0.15, 0.2) is 6.33 Å². The predicted octanol–water partition coefficient (Wildman–Crippen LogP) is 0.896. The first-order valence-corrected chi connectivity index (χ1v) is 4.76. The predicted molar refractivity (Wildman–Crippen MR) is 49.3 cm³/mol. The van der Waals surface area contributed by atoms with Gasteiger partial charge in [0.2, 0.25) is 0 Å². The molecule has 6 heteroatoms. The molecule has 0 N–H and O–H groups in total. The molecular formula is C7H9N5S. The molecule has 0 aliphatic rings. The molecule has 0 saturated heterocycles. The summed E-state index contributed by atoms with van der Waals surface area (Å²) in [5, 5.41) is 11.8. The molecule has 0 saturated carbocycles. The Labute approximate surface area is 79.6 Å². The smallest absolute Gasteiger partial charge is 0.177 e. The van der Waals surface area contributed by atoms with Gasteiger partial charge in [0.15, 0.2) is 5.82 Å². The maximum absolute atomic E-state index is 4.02. The summed E-state index contributed by atoms with van der Waals surface area (Å²) in [6.45, 7) is 2.05. The highest BCUT2D eigenvalue weighted by Gasteiger charge is 2.12. The van der Waals surface area contributed by atoms with Crippen molar-refractivity contribution >= 4 is 11.5 Å². The van der Waals surface area contributed by atoms with Crippen molar-refractivity contribution in [1.82, 2.24) is 24.4 Å². The minimum atomic E-state index is 0.840. The minimum absolute atomic E-state index is 0.840. The summed E-state index contributed by atoms with van der Waals surface area (Å²) in [4.78, 5) is 1.02. The van der Waals surface area contributed by atoms with Crippen LogP contribution in [0.3, 0.4) is 0 Å². The lowest BCUT2D eigenvalue weighted by Crippen LogP contribution is -1.92.